The van der Waals surface area contributed by atoms with Gasteiger partial charge in [0.15, 0.2) is 0 Å². The number of para-hydroxylation sites is 1. The normalized spacial score (nSPS) is 16.9. The van der Waals surface area contributed by atoms with Crippen LogP contribution >= 0.6 is 15.9 Å². The highest BCUT2D eigenvalue weighted by atomic mass is 79.9. The van der Waals surface area contributed by atoms with Gasteiger partial charge < -0.3 is 5.32 Å². The molecule has 1 aliphatic carbocycles. The molecule has 1 aromatic carbocycles. The van der Waals surface area contributed by atoms with Crippen molar-refractivity contribution in [3.63, 3.8) is 0 Å². The van der Waals surface area contributed by atoms with Gasteiger partial charge in [0.25, 0.3) is 0 Å². The highest BCUT2D eigenvalue weighted by Gasteiger charge is 2.32. The van der Waals surface area contributed by atoms with Crippen molar-refractivity contribution < 1.29 is 4.79 Å². The second-order valence-corrected chi connectivity index (χ2v) is 4.97. The molecule has 0 spiro atoms. The minimum atomic E-state index is 0.142. The van der Waals surface area contributed by atoms with Crippen molar-refractivity contribution in [2.45, 2.75) is 25.1 Å². The first-order valence-corrected chi connectivity index (χ1v) is 6.79. The maximum absolute atomic E-state index is 11.9. The number of nitrogens with one attached hydrogen (secondary N) is 1. The number of carbonyl (C=O) groups is 1. The lowest BCUT2D eigenvalue weighted by Crippen LogP contribution is -2.22. The lowest BCUT2D eigenvalue weighted by molar-refractivity contribution is -0.119. The average Bonchev–Trinajstić information content (AvgIpc) is 3.12. The minimum Gasteiger partial charge on any atom is -0.326 e. The molecule has 0 heterocycles. The Morgan fingerprint density at radius 2 is 2.19 bits per heavy atom. The third-order valence-corrected chi connectivity index (χ3v) is 3.77. The van der Waals surface area contributed by atoms with Crippen molar-refractivity contribution in [1.29, 1.82) is 0 Å². The molecule has 1 atom stereocenters. The fourth-order valence-corrected chi connectivity index (χ4v) is 2.30. The Balaban J connectivity index is 2.04. The van der Waals surface area contributed by atoms with Gasteiger partial charge in [-0.05, 0) is 30.4 Å². The Kier molecular flexibility index (Phi) is 3.64. The van der Waals surface area contributed by atoms with Crippen molar-refractivity contribution in [3.8, 4) is 0 Å². The zero-order valence-corrected chi connectivity index (χ0v) is 11.0. The van der Waals surface area contributed by atoms with Crippen molar-refractivity contribution in [2.75, 3.05) is 5.32 Å². The molecule has 2 rings (SSSR count). The number of alkyl halides is 1. The molecule has 86 valence electrons. The fraction of sp³-hybridized carbons (Fsp3) is 0.462. The molecule has 0 radical (unpaired) electrons. The van der Waals surface area contributed by atoms with E-state index in [1.54, 1.807) is 0 Å². The number of amides is 1. The summed E-state index contributed by atoms with van der Waals surface area (Å²) in [6.45, 7) is 2.02. The molecule has 1 aliphatic rings. The summed E-state index contributed by atoms with van der Waals surface area (Å²) >= 11 is 3.43. The molecule has 2 nitrogen and oxygen atoms in total. The molecule has 3 heteroatoms. The lowest BCUT2D eigenvalue weighted by atomic mass is 10.1. The number of hydrogen-bond donors (Lipinski definition) is 1. The van der Waals surface area contributed by atoms with Gasteiger partial charge in [-0.2, -0.15) is 0 Å². The van der Waals surface area contributed by atoms with E-state index in [1.807, 2.05) is 31.2 Å². The smallest absolute Gasteiger partial charge is 0.227 e. The Hall–Kier alpha value is -0.830. The van der Waals surface area contributed by atoms with E-state index >= 15 is 0 Å². The molecule has 0 saturated heterocycles. The van der Waals surface area contributed by atoms with Crippen LogP contribution < -0.4 is 5.32 Å². The first-order chi connectivity index (χ1) is 7.72. The molecule has 16 heavy (non-hydrogen) atoms. The van der Waals surface area contributed by atoms with Gasteiger partial charge in [0.2, 0.25) is 5.91 Å². The van der Waals surface area contributed by atoms with Crippen LogP contribution in [0.4, 0.5) is 5.69 Å². The number of halogens is 1. The molecule has 1 amide bonds. The first-order valence-electron chi connectivity index (χ1n) is 5.67. The van der Waals surface area contributed by atoms with Gasteiger partial charge in [-0.15, -0.1) is 0 Å². The molecular weight excluding hydrogens is 266 g/mol. The topological polar surface area (TPSA) is 29.1 Å². The molecule has 0 aromatic heterocycles. The van der Waals surface area contributed by atoms with Crippen LogP contribution in [0.15, 0.2) is 24.3 Å². The molecule has 1 N–H and O–H groups in total. The van der Waals surface area contributed by atoms with E-state index in [9.17, 15) is 4.79 Å². The molecule has 1 unspecified atom stereocenters. The first kappa shape index (κ1) is 11.6. The number of rotatable bonds is 4. The summed E-state index contributed by atoms with van der Waals surface area (Å²) < 4.78 is 0. The predicted octanol–water partition coefficient (Wildman–Crippen LogP) is 3.57. The standard InChI is InChI=1S/C13H16BrNO/c1-9(10-6-7-10)13(16)15-12-5-3-2-4-11(12)8-14/h2-5,9-10H,6-8H2,1H3,(H,15,16). The Morgan fingerprint density at radius 3 is 2.81 bits per heavy atom. The third kappa shape index (κ3) is 2.64. The van der Waals surface area contributed by atoms with Crippen molar-refractivity contribution in [1.82, 2.24) is 0 Å². The van der Waals surface area contributed by atoms with Gasteiger partial charge >= 0.3 is 0 Å². The number of hydrogen-bond acceptors (Lipinski definition) is 1. The highest BCUT2D eigenvalue weighted by Crippen LogP contribution is 2.37. The summed E-state index contributed by atoms with van der Waals surface area (Å²) in [6, 6.07) is 7.90. The quantitative estimate of drug-likeness (QED) is 0.840. The number of anilines is 1. The second-order valence-electron chi connectivity index (χ2n) is 4.41. The Bertz CT molecular complexity index is 387. The summed E-state index contributed by atoms with van der Waals surface area (Å²) in [4.78, 5) is 11.9. The van der Waals surface area contributed by atoms with Gasteiger partial charge in [0.05, 0.1) is 0 Å². The minimum absolute atomic E-state index is 0.142. The van der Waals surface area contributed by atoms with Crippen LogP contribution in [-0.4, -0.2) is 5.91 Å². The summed E-state index contributed by atoms with van der Waals surface area (Å²) in [5.74, 6) is 0.899. The lowest BCUT2D eigenvalue weighted by Gasteiger charge is -2.13. The van der Waals surface area contributed by atoms with E-state index in [-0.39, 0.29) is 11.8 Å². The number of carbonyl (C=O) groups excluding carboxylic acids is 1. The van der Waals surface area contributed by atoms with Crippen molar-refractivity contribution in [3.05, 3.63) is 29.8 Å². The van der Waals surface area contributed by atoms with E-state index in [0.29, 0.717) is 5.92 Å². The maximum atomic E-state index is 11.9. The fourth-order valence-electron chi connectivity index (χ4n) is 1.82. The highest BCUT2D eigenvalue weighted by molar-refractivity contribution is 9.08. The second kappa shape index (κ2) is 5.00. The SMILES string of the molecule is CC(C(=O)Nc1ccccc1CBr)C1CC1. The zero-order valence-electron chi connectivity index (χ0n) is 9.37. The predicted molar refractivity (Wildman–Crippen MR) is 69.6 cm³/mol. The van der Waals surface area contributed by atoms with E-state index in [4.69, 9.17) is 0 Å². The maximum Gasteiger partial charge on any atom is 0.227 e. The molecule has 1 saturated carbocycles. The summed E-state index contributed by atoms with van der Waals surface area (Å²) in [7, 11) is 0. The van der Waals surface area contributed by atoms with Gasteiger partial charge in [-0.1, -0.05) is 41.1 Å². The van der Waals surface area contributed by atoms with Gasteiger partial charge in [-0.3, -0.25) is 4.79 Å². The molecule has 0 bridgehead atoms. The summed E-state index contributed by atoms with van der Waals surface area (Å²) in [5, 5.41) is 3.78. The molecular formula is C13H16BrNO. The van der Waals surface area contributed by atoms with Crippen LogP contribution in [0.2, 0.25) is 0 Å². The van der Waals surface area contributed by atoms with E-state index < -0.39 is 0 Å². The summed E-state index contributed by atoms with van der Waals surface area (Å²) in [6.07, 6.45) is 2.41. The zero-order chi connectivity index (χ0) is 11.5. The largest absolute Gasteiger partial charge is 0.326 e. The van der Waals surface area contributed by atoms with Crippen LogP contribution in [0.3, 0.4) is 0 Å². The van der Waals surface area contributed by atoms with Gasteiger partial charge in [-0.25, -0.2) is 0 Å². The van der Waals surface area contributed by atoms with Crippen LogP contribution in [0.25, 0.3) is 0 Å². The van der Waals surface area contributed by atoms with E-state index in [1.165, 1.54) is 12.8 Å². The Labute approximate surface area is 105 Å². The summed E-state index contributed by atoms with van der Waals surface area (Å²) in [5.41, 5.74) is 2.05. The molecule has 1 fully saturated rings. The van der Waals surface area contributed by atoms with Crippen LogP contribution in [-0.2, 0) is 10.1 Å². The molecule has 1 aromatic rings. The third-order valence-electron chi connectivity index (χ3n) is 3.16. The van der Waals surface area contributed by atoms with Crippen molar-refractivity contribution >= 4 is 27.5 Å². The molecule has 0 aliphatic heterocycles. The monoisotopic (exact) mass is 281 g/mol. The van der Waals surface area contributed by atoms with E-state index in [0.717, 1.165) is 16.6 Å². The Morgan fingerprint density at radius 1 is 1.50 bits per heavy atom. The van der Waals surface area contributed by atoms with Crippen LogP contribution in [0.1, 0.15) is 25.3 Å². The van der Waals surface area contributed by atoms with Crippen LogP contribution in [0.5, 0.6) is 0 Å². The number of benzene rings is 1. The van der Waals surface area contributed by atoms with E-state index in [2.05, 4.69) is 21.2 Å². The van der Waals surface area contributed by atoms with Crippen molar-refractivity contribution in [2.24, 2.45) is 11.8 Å². The average molecular weight is 282 g/mol. The van der Waals surface area contributed by atoms with Gasteiger partial charge in [0.1, 0.15) is 0 Å². The van der Waals surface area contributed by atoms with Gasteiger partial charge in [0, 0.05) is 16.9 Å². The van der Waals surface area contributed by atoms with Crippen LogP contribution in [0, 0.1) is 11.8 Å².